The van der Waals surface area contributed by atoms with Gasteiger partial charge in [0, 0.05) is 7.11 Å². The van der Waals surface area contributed by atoms with Crippen molar-refractivity contribution in [1.82, 2.24) is 0 Å². The number of ether oxygens (including phenoxy) is 1. The minimum Gasteiger partial charge on any atom is -0.383 e. The average Bonchev–Trinajstić information content (AvgIpc) is 2.23. The fraction of sp³-hybridized carbons (Fsp3) is 0.538. The Labute approximate surface area is 103 Å². The number of anilines is 1. The number of benzene rings is 1. The summed E-state index contributed by atoms with van der Waals surface area (Å²) in [6.45, 7) is 7.02. The van der Waals surface area contributed by atoms with Gasteiger partial charge in [0.05, 0.1) is 23.4 Å². The molecule has 1 unspecified atom stereocenters. The Balaban J connectivity index is 2.81. The molecule has 1 rings (SSSR count). The van der Waals surface area contributed by atoms with E-state index in [1.54, 1.807) is 7.11 Å². The van der Waals surface area contributed by atoms with Crippen LogP contribution >= 0.6 is 11.6 Å². The lowest BCUT2D eigenvalue weighted by Gasteiger charge is -2.23. The Morgan fingerprint density at radius 1 is 1.38 bits per heavy atom. The number of rotatable bonds is 5. The molecule has 0 fully saturated rings. The fourth-order valence-corrected chi connectivity index (χ4v) is 1.72. The Morgan fingerprint density at radius 3 is 2.62 bits per heavy atom. The van der Waals surface area contributed by atoms with Crippen LogP contribution in [0.5, 0.6) is 0 Å². The molecule has 3 heteroatoms. The van der Waals surface area contributed by atoms with Gasteiger partial charge in [0.25, 0.3) is 0 Å². The molecule has 0 spiro atoms. The first-order valence-electron chi connectivity index (χ1n) is 5.56. The van der Waals surface area contributed by atoms with Gasteiger partial charge >= 0.3 is 0 Å². The van der Waals surface area contributed by atoms with E-state index >= 15 is 0 Å². The molecule has 1 aromatic rings. The Kier molecular flexibility index (Phi) is 5.10. The summed E-state index contributed by atoms with van der Waals surface area (Å²) in [6, 6.07) is 6.30. The summed E-state index contributed by atoms with van der Waals surface area (Å²) < 4.78 is 5.20. The molecule has 1 atom stereocenters. The van der Waals surface area contributed by atoms with Crippen LogP contribution in [0.3, 0.4) is 0 Å². The van der Waals surface area contributed by atoms with Crippen LogP contribution in [0.2, 0.25) is 5.02 Å². The van der Waals surface area contributed by atoms with Crippen molar-refractivity contribution in [1.29, 1.82) is 0 Å². The zero-order valence-corrected chi connectivity index (χ0v) is 11.1. The molecular weight excluding hydrogens is 222 g/mol. The van der Waals surface area contributed by atoms with Crippen molar-refractivity contribution in [2.24, 2.45) is 5.92 Å². The van der Waals surface area contributed by atoms with Gasteiger partial charge in [0.2, 0.25) is 0 Å². The van der Waals surface area contributed by atoms with E-state index in [1.807, 2.05) is 25.1 Å². The molecule has 90 valence electrons. The summed E-state index contributed by atoms with van der Waals surface area (Å²) in [7, 11) is 1.72. The van der Waals surface area contributed by atoms with Gasteiger partial charge in [-0.2, -0.15) is 0 Å². The largest absolute Gasteiger partial charge is 0.383 e. The molecule has 1 N–H and O–H groups in total. The molecule has 0 aliphatic rings. The number of halogens is 1. The standard InChI is InChI=1S/C13H20ClNO/c1-9(2)12(8-16-4)15-11-7-5-6-10(3)13(11)14/h5-7,9,12,15H,8H2,1-4H3. The molecule has 0 saturated carbocycles. The van der Waals surface area contributed by atoms with E-state index in [9.17, 15) is 0 Å². The zero-order valence-electron chi connectivity index (χ0n) is 10.4. The molecule has 2 nitrogen and oxygen atoms in total. The summed E-state index contributed by atoms with van der Waals surface area (Å²) in [5.41, 5.74) is 2.07. The summed E-state index contributed by atoms with van der Waals surface area (Å²) in [4.78, 5) is 0. The Bertz CT molecular complexity index is 339. The third-order valence-electron chi connectivity index (χ3n) is 2.68. The summed E-state index contributed by atoms with van der Waals surface area (Å²) >= 11 is 6.24. The maximum Gasteiger partial charge on any atom is 0.0666 e. The topological polar surface area (TPSA) is 21.3 Å². The molecule has 1 aromatic carbocycles. The van der Waals surface area contributed by atoms with E-state index in [0.717, 1.165) is 16.3 Å². The van der Waals surface area contributed by atoms with Gasteiger partial charge in [-0.3, -0.25) is 0 Å². The number of methoxy groups -OCH3 is 1. The van der Waals surface area contributed by atoms with Crippen LogP contribution in [0.4, 0.5) is 5.69 Å². The lowest BCUT2D eigenvalue weighted by molar-refractivity contribution is 0.171. The minimum absolute atomic E-state index is 0.282. The third kappa shape index (κ3) is 3.39. The van der Waals surface area contributed by atoms with E-state index in [2.05, 4.69) is 19.2 Å². The smallest absolute Gasteiger partial charge is 0.0666 e. The predicted octanol–water partition coefficient (Wildman–Crippen LogP) is 3.73. The van der Waals surface area contributed by atoms with Crippen molar-refractivity contribution in [3.8, 4) is 0 Å². The second kappa shape index (κ2) is 6.12. The first-order valence-corrected chi connectivity index (χ1v) is 5.94. The summed E-state index contributed by atoms with van der Waals surface area (Å²) in [5, 5.41) is 4.23. The van der Waals surface area contributed by atoms with Crippen molar-refractivity contribution in [3.05, 3.63) is 28.8 Å². The van der Waals surface area contributed by atoms with Gasteiger partial charge in [-0.05, 0) is 24.5 Å². The van der Waals surface area contributed by atoms with Gasteiger partial charge in [-0.15, -0.1) is 0 Å². The molecule has 0 aromatic heterocycles. The van der Waals surface area contributed by atoms with Crippen LogP contribution in [-0.4, -0.2) is 19.8 Å². The summed E-state index contributed by atoms with van der Waals surface area (Å²) in [6.07, 6.45) is 0. The highest BCUT2D eigenvalue weighted by atomic mass is 35.5. The molecule has 16 heavy (non-hydrogen) atoms. The number of aryl methyl sites for hydroxylation is 1. The highest BCUT2D eigenvalue weighted by Crippen LogP contribution is 2.26. The van der Waals surface area contributed by atoms with E-state index in [4.69, 9.17) is 16.3 Å². The van der Waals surface area contributed by atoms with Gasteiger partial charge in [-0.1, -0.05) is 37.6 Å². The molecule has 0 radical (unpaired) electrons. The van der Waals surface area contributed by atoms with Crippen LogP contribution in [-0.2, 0) is 4.74 Å². The maximum absolute atomic E-state index is 6.24. The lowest BCUT2D eigenvalue weighted by atomic mass is 10.0. The average molecular weight is 242 g/mol. The molecule has 0 bridgehead atoms. The maximum atomic E-state index is 6.24. The normalized spacial score (nSPS) is 12.9. The quantitative estimate of drug-likeness (QED) is 0.848. The van der Waals surface area contributed by atoms with Crippen molar-refractivity contribution in [2.75, 3.05) is 19.0 Å². The van der Waals surface area contributed by atoms with Gasteiger partial charge in [0.15, 0.2) is 0 Å². The second-order valence-corrected chi connectivity index (χ2v) is 4.76. The molecular formula is C13H20ClNO. The van der Waals surface area contributed by atoms with Crippen molar-refractivity contribution in [3.63, 3.8) is 0 Å². The number of hydrogen-bond acceptors (Lipinski definition) is 2. The van der Waals surface area contributed by atoms with E-state index in [-0.39, 0.29) is 6.04 Å². The molecule has 0 amide bonds. The predicted molar refractivity (Wildman–Crippen MR) is 70.3 cm³/mol. The minimum atomic E-state index is 0.282. The van der Waals surface area contributed by atoms with Crippen LogP contribution in [0, 0.1) is 12.8 Å². The molecule has 0 aliphatic carbocycles. The monoisotopic (exact) mass is 241 g/mol. The third-order valence-corrected chi connectivity index (χ3v) is 3.19. The second-order valence-electron chi connectivity index (χ2n) is 4.39. The zero-order chi connectivity index (χ0) is 12.1. The molecule has 0 heterocycles. The molecule has 0 aliphatic heterocycles. The van der Waals surface area contributed by atoms with E-state index in [1.165, 1.54) is 0 Å². The first-order chi connectivity index (χ1) is 7.56. The highest BCUT2D eigenvalue weighted by molar-refractivity contribution is 6.34. The van der Waals surface area contributed by atoms with E-state index < -0.39 is 0 Å². The van der Waals surface area contributed by atoms with Gasteiger partial charge in [-0.25, -0.2) is 0 Å². The van der Waals surface area contributed by atoms with Crippen LogP contribution in [0.25, 0.3) is 0 Å². The Morgan fingerprint density at radius 2 is 2.06 bits per heavy atom. The van der Waals surface area contributed by atoms with Crippen molar-refractivity contribution in [2.45, 2.75) is 26.8 Å². The number of nitrogens with one attached hydrogen (secondary N) is 1. The Hall–Kier alpha value is -0.730. The van der Waals surface area contributed by atoms with Gasteiger partial charge in [0.1, 0.15) is 0 Å². The first kappa shape index (κ1) is 13.3. The van der Waals surface area contributed by atoms with E-state index in [0.29, 0.717) is 12.5 Å². The highest BCUT2D eigenvalue weighted by Gasteiger charge is 2.14. The van der Waals surface area contributed by atoms with Crippen molar-refractivity contribution >= 4 is 17.3 Å². The lowest BCUT2D eigenvalue weighted by Crippen LogP contribution is -2.30. The van der Waals surface area contributed by atoms with Crippen LogP contribution in [0.15, 0.2) is 18.2 Å². The molecule has 0 saturated heterocycles. The number of hydrogen-bond donors (Lipinski definition) is 1. The SMILES string of the molecule is COCC(Nc1cccc(C)c1Cl)C(C)C. The fourth-order valence-electron chi connectivity index (χ4n) is 1.54. The van der Waals surface area contributed by atoms with Crippen molar-refractivity contribution < 1.29 is 4.74 Å². The van der Waals surface area contributed by atoms with Gasteiger partial charge < -0.3 is 10.1 Å². The summed E-state index contributed by atoms with van der Waals surface area (Å²) in [5.74, 6) is 0.497. The van der Waals surface area contributed by atoms with Crippen LogP contribution < -0.4 is 5.32 Å². The van der Waals surface area contributed by atoms with Crippen LogP contribution in [0.1, 0.15) is 19.4 Å².